The molecule has 0 aromatic heterocycles. The molecular formula is C21H28N2O4S. The molecule has 0 saturated heterocycles. The van der Waals surface area contributed by atoms with Crippen molar-refractivity contribution in [2.45, 2.75) is 26.8 Å². The van der Waals surface area contributed by atoms with E-state index in [2.05, 4.69) is 5.32 Å². The van der Waals surface area contributed by atoms with Crippen LogP contribution in [0.5, 0.6) is 0 Å². The number of anilines is 1. The first-order valence-corrected chi connectivity index (χ1v) is 11.2. The Balaban J connectivity index is 2.07. The van der Waals surface area contributed by atoms with Gasteiger partial charge in [0, 0.05) is 25.3 Å². The largest absolute Gasteiger partial charge is 0.382 e. The number of nitrogens with one attached hydrogen (secondary N) is 1. The average Bonchev–Trinajstić information content (AvgIpc) is 2.66. The van der Waals surface area contributed by atoms with E-state index in [4.69, 9.17) is 4.74 Å². The van der Waals surface area contributed by atoms with Gasteiger partial charge in [0.1, 0.15) is 0 Å². The van der Waals surface area contributed by atoms with Crippen molar-refractivity contribution in [3.05, 3.63) is 65.2 Å². The fraction of sp³-hybridized carbons (Fsp3) is 0.381. The van der Waals surface area contributed by atoms with E-state index in [0.717, 1.165) is 17.5 Å². The van der Waals surface area contributed by atoms with E-state index in [9.17, 15) is 13.2 Å². The van der Waals surface area contributed by atoms with Gasteiger partial charge < -0.3 is 10.1 Å². The number of carbonyl (C=O) groups is 1. The molecule has 28 heavy (non-hydrogen) atoms. The summed E-state index contributed by atoms with van der Waals surface area (Å²) < 4.78 is 31.1. The minimum atomic E-state index is -3.46. The van der Waals surface area contributed by atoms with Crippen molar-refractivity contribution in [3.8, 4) is 0 Å². The smallest absolute Gasteiger partial charge is 0.251 e. The van der Waals surface area contributed by atoms with Crippen LogP contribution in [0.25, 0.3) is 0 Å². The normalized spacial score (nSPS) is 11.2. The predicted molar refractivity (Wildman–Crippen MR) is 112 cm³/mol. The van der Waals surface area contributed by atoms with E-state index in [-0.39, 0.29) is 12.5 Å². The highest BCUT2D eigenvalue weighted by molar-refractivity contribution is 7.92. The lowest BCUT2D eigenvalue weighted by atomic mass is 10.1. The fourth-order valence-electron chi connectivity index (χ4n) is 2.66. The third-order valence-corrected chi connectivity index (χ3v) is 5.36. The summed E-state index contributed by atoms with van der Waals surface area (Å²) in [6.07, 6.45) is 1.93. The van der Waals surface area contributed by atoms with Crippen molar-refractivity contribution in [1.82, 2.24) is 5.32 Å². The summed E-state index contributed by atoms with van der Waals surface area (Å²) >= 11 is 0. The Kier molecular flexibility index (Phi) is 8.02. The number of hydrogen-bond donors (Lipinski definition) is 1. The molecule has 0 atom stereocenters. The Bertz CT molecular complexity index is 862. The zero-order chi connectivity index (χ0) is 20.6. The number of carbonyl (C=O) groups excluding carboxylic acids is 1. The second-order valence-corrected chi connectivity index (χ2v) is 8.52. The number of rotatable bonds is 10. The minimum Gasteiger partial charge on any atom is -0.382 e. The zero-order valence-electron chi connectivity index (χ0n) is 16.6. The third-order valence-electron chi connectivity index (χ3n) is 4.22. The summed E-state index contributed by atoms with van der Waals surface area (Å²) in [5.41, 5.74) is 3.03. The van der Waals surface area contributed by atoms with Crippen LogP contribution in [-0.2, 0) is 21.3 Å². The molecule has 0 spiro atoms. The van der Waals surface area contributed by atoms with Crippen molar-refractivity contribution >= 4 is 21.6 Å². The maximum atomic E-state index is 12.3. The lowest BCUT2D eigenvalue weighted by Crippen LogP contribution is -2.29. The molecule has 2 aromatic rings. The second-order valence-electron chi connectivity index (χ2n) is 6.61. The lowest BCUT2D eigenvalue weighted by molar-refractivity contribution is 0.0944. The summed E-state index contributed by atoms with van der Waals surface area (Å²) in [5.74, 6) is -0.188. The highest BCUT2D eigenvalue weighted by atomic mass is 32.2. The maximum absolute atomic E-state index is 12.3. The summed E-state index contributed by atoms with van der Waals surface area (Å²) in [6.45, 7) is 5.95. The Hall–Kier alpha value is -2.38. The number of sulfonamides is 1. The van der Waals surface area contributed by atoms with Crippen molar-refractivity contribution < 1.29 is 17.9 Å². The molecule has 2 rings (SSSR count). The van der Waals surface area contributed by atoms with Crippen LogP contribution < -0.4 is 9.62 Å². The molecule has 0 fully saturated rings. The van der Waals surface area contributed by atoms with E-state index in [0.29, 0.717) is 31.0 Å². The van der Waals surface area contributed by atoms with E-state index in [1.807, 2.05) is 38.1 Å². The Labute approximate surface area is 167 Å². The zero-order valence-corrected chi connectivity index (χ0v) is 17.5. The average molecular weight is 405 g/mol. The Morgan fingerprint density at radius 2 is 1.71 bits per heavy atom. The molecule has 0 aliphatic rings. The molecule has 2 aromatic carbocycles. The number of ether oxygens (including phenoxy) is 1. The SMILES string of the molecule is CCOCCCNC(=O)c1ccc(N(Cc2ccc(C)cc2)S(C)(=O)=O)cc1. The molecular weight excluding hydrogens is 376 g/mol. The molecule has 0 unspecified atom stereocenters. The maximum Gasteiger partial charge on any atom is 0.251 e. The van der Waals surface area contributed by atoms with E-state index < -0.39 is 10.0 Å². The van der Waals surface area contributed by atoms with Crippen molar-refractivity contribution in [3.63, 3.8) is 0 Å². The van der Waals surface area contributed by atoms with Crippen LogP contribution >= 0.6 is 0 Å². The summed E-state index contributed by atoms with van der Waals surface area (Å²) in [4.78, 5) is 12.2. The Morgan fingerprint density at radius 1 is 1.07 bits per heavy atom. The fourth-order valence-corrected chi connectivity index (χ4v) is 3.55. The van der Waals surface area contributed by atoms with E-state index >= 15 is 0 Å². The quantitative estimate of drug-likeness (QED) is 0.618. The first-order chi connectivity index (χ1) is 13.3. The number of amides is 1. The Morgan fingerprint density at radius 3 is 2.29 bits per heavy atom. The molecule has 0 aliphatic heterocycles. The van der Waals surface area contributed by atoms with Gasteiger partial charge in [-0.1, -0.05) is 29.8 Å². The number of hydrogen-bond acceptors (Lipinski definition) is 4. The summed E-state index contributed by atoms with van der Waals surface area (Å²) in [7, 11) is -3.46. The van der Waals surface area contributed by atoms with Crippen LogP contribution in [0.2, 0.25) is 0 Å². The standard InChI is InChI=1S/C21H28N2O4S/c1-4-27-15-5-14-22-21(24)19-10-12-20(13-11-19)23(28(3,25)26)16-18-8-6-17(2)7-9-18/h6-13H,4-5,14-16H2,1-3H3,(H,22,24). The van der Waals surface area contributed by atoms with Crippen LogP contribution in [0.15, 0.2) is 48.5 Å². The molecule has 152 valence electrons. The van der Waals surface area contributed by atoms with Crippen molar-refractivity contribution in [2.75, 3.05) is 30.3 Å². The molecule has 0 saturated carbocycles. The first-order valence-electron chi connectivity index (χ1n) is 9.30. The lowest BCUT2D eigenvalue weighted by Gasteiger charge is -2.23. The van der Waals surface area contributed by atoms with Gasteiger partial charge in [-0.05, 0) is 50.1 Å². The van der Waals surface area contributed by atoms with Gasteiger partial charge in [-0.25, -0.2) is 8.42 Å². The van der Waals surface area contributed by atoms with Crippen LogP contribution in [-0.4, -0.2) is 40.3 Å². The van der Waals surface area contributed by atoms with Crippen LogP contribution in [0.1, 0.15) is 34.8 Å². The third kappa shape index (κ3) is 6.65. The molecule has 0 radical (unpaired) electrons. The molecule has 6 nitrogen and oxygen atoms in total. The first kappa shape index (κ1) is 21.9. The van der Waals surface area contributed by atoms with Gasteiger partial charge in [-0.2, -0.15) is 0 Å². The summed E-state index contributed by atoms with van der Waals surface area (Å²) in [6, 6.07) is 14.3. The van der Waals surface area contributed by atoms with Gasteiger partial charge in [-0.15, -0.1) is 0 Å². The monoisotopic (exact) mass is 404 g/mol. The van der Waals surface area contributed by atoms with Crippen LogP contribution in [0, 0.1) is 6.92 Å². The highest BCUT2D eigenvalue weighted by Gasteiger charge is 2.18. The van der Waals surface area contributed by atoms with Crippen LogP contribution in [0.3, 0.4) is 0 Å². The van der Waals surface area contributed by atoms with Crippen molar-refractivity contribution in [2.24, 2.45) is 0 Å². The number of aryl methyl sites for hydroxylation is 1. The van der Waals surface area contributed by atoms with Crippen molar-refractivity contribution in [1.29, 1.82) is 0 Å². The number of nitrogens with zero attached hydrogens (tertiary/aromatic N) is 1. The van der Waals surface area contributed by atoms with E-state index in [1.165, 1.54) is 10.6 Å². The van der Waals surface area contributed by atoms with Gasteiger partial charge in [0.25, 0.3) is 5.91 Å². The van der Waals surface area contributed by atoms with Gasteiger partial charge in [0.05, 0.1) is 18.5 Å². The van der Waals surface area contributed by atoms with E-state index in [1.54, 1.807) is 24.3 Å². The van der Waals surface area contributed by atoms with Gasteiger partial charge in [0.2, 0.25) is 10.0 Å². The van der Waals surface area contributed by atoms with Gasteiger partial charge in [-0.3, -0.25) is 9.10 Å². The molecule has 0 aliphatic carbocycles. The topological polar surface area (TPSA) is 75.7 Å². The van der Waals surface area contributed by atoms with Gasteiger partial charge in [0.15, 0.2) is 0 Å². The highest BCUT2D eigenvalue weighted by Crippen LogP contribution is 2.21. The predicted octanol–water partition coefficient (Wildman–Crippen LogP) is 3.12. The van der Waals surface area contributed by atoms with Gasteiger partial charge >= 0.3 is 0 Å². The second kappa shape index (κ2) is 10.2. The molecule has 1 N–H and O–H groups in total. The molecule has 0 heterocycles. The molecule has 0 bridgehead atoms. The van der Waals surface area contributed by atoms with Crippen LogP contribution in [0.4, 0.5) is 5.69 Å². The number of benzene rings is 2. The summed E-state index contributed by atoms with van der Waals surface area (Å²) in [5, 5.41) is 2.83. The minimum absolute atomic E-state index is 0.188. The molecule has 7 heteroatoms. The molecule has 1 amide bonds.